The molecule has 2 aromatic rings. The Labute approximate surface area is 150 Å². The molecule has 2 aromatic carbocycles. The van der Waals surface area contributed by atoms with Crippen molar-refractivity contribution in [3.05, 3.63) is 70.8 Å². The Hall–Kier alpha value is -2.60. The number of alkyl halides is 3. The average molecular weight is 360 g/mol. The number of carbonyl (C=O) groups is 1. The zero-order valence-electron chi connectivity index (χ0n) is 14.3. The van der Waals surface area contributed by atoms with Gasteiger partial charge in [0.1, 0.15) is 0 Å². The van der Waals surface area contributed by atoms with Crippen LogP contribution >= 0.6 is 0 Å². The molecular formula is C20H19F3N2O. The number of likely N-dealkylation sites (N-methyl/N-ethyl adjacent to an activating group) is 1. The zero-order valence-corrected chi connectivity index (χ0v) is 14.3. The van der Waals surface area contributed by atoms with Crippen molar-refractivity contribution in [2.24, 2.45) is 0 Å². The van der Waals surface area contributed by atoms with Crippen LogP contribution in [0.1, 0.15) is 22.3 Å². The first-order chi connectivity index (χ1) is 12.3. The highest BCUT2D eigenvalue weighted by Gasteiger charge is 2.32. The van der Waals surface area contributed by atoms with Crippen molar-refractivity contribution in [1.82, 2.24) is 4.90 Å². The SMILES string of the molecule is CN1CCc2ccc(NC(=O)/C=C/c3ccccc3C(F)(F)F)cc2C1. The lowest BCUT2D eigenvalue weighted by atomic mass is 9.99. The summed E-state index contributed by atoms with van der Waals surface area (Å²) in [6.07, 6.45) is -1.18. The van der Waals surface area contributed by atoms with E-state index in [0.717, 1.165) is 37.2 Å². The van der Waals surface area contributed by atoms with Gasteiger partial charge in [0, 0.05) is 24.9 Å². The standard InChI is InChI=1S/C20H19F3N2O/c1-25-11-10-14-6-8-17(12-16(14)13-25)24-19(26)9-7-15-4-2-3-5-18(15)20(21,22)23/h2-9,12H,10-11,13H2,1H3,(H,24,26)/b9-7+. The van der Waals surface area contributed by atoms with Crippen LogP contribution in [0.5, 0.6) is 0 Å². The molecule has 3 rings (SSSR count). The summed E-state index contributed by atoms with van der Waals surface area (Å²) >= 11 is 0. The molecule has 0 atom stereocenters. The number of fused-ring (bicyclic) bond motifs is 1. The molecule has 136 valence electrons. The van der Waals surface area contributed by atoms with Crippen LogP contribution in [-0.4, -0.2) is 24.4 Å². The summed E-state index contributed by atoms with van der Waals surface area (Å²) in [6, 6.07) is 10.9. The van der Waals surface area contributed by atoms with E-state index in [1.807, 2.05) is 25.2 Å². The van der Waals surface area contributed by atoms with Gasteiger partial charge in [0.2, 0.25) is 5.91 Å². The maximum atomic E-state index is 13.0. The quantitative estimate of drug-likeness (QED) is 0.826. The van der Waals surface area contributed by atoms with E-state index in [0.29, 0.717) is 5.69 Å². The first-order valence-corrected chi connectivity index (χ1v) is 8.28. The highest BCUT2D eigenvalue weighted by molar-refractivity contribution is 6.02. The van der Waals surface area contributed by atoms with E-state index in [-0.39, 0.29) is 5.56 Å². The lowest BCUT2D eigenvalue weighted by Crippen LogP contribution is -2.26. The summed E-state index contributed by atoms with van der Waals surface area (Å²) in [5, 5.41) is 2.71. The number of rotatable bonds is 3. The number of nitrogens with zero attached hydrogens (tertiary/aromatic N) is 1. The third-order valence-electron chi connectivity index (χ3n) is 4.36. The fourth-order valence-corrected chi connectivity index (χ4v) is 3.03. The van der Waals surface area contributed by atoms with Crippen LogP contribution in [0.15, 0.2) is 48.5 Å². The summed E-state index contributed by atoms with van der Waals surface area (Å²) in [5.41, 5.74) is 2.25. The second-order valence-corrected chi connectivity index (χ2v) is 6.38. The van der Waals surface area contributed by atoms with Crippen molar-refractivity contribution >= 4 is 17.7 Å². The highest BCUT2D eigenvalue weighted by atomic mass is 19.4. The maximum Gasteiger partial charge on any atom is 0.416 e. The zero-order chi connectivity index (χ0) is 18.7. The molecule has 0 saturated carbocycles. The summed E-state index contributed by atoms with van der Waals surface area (Å²) in [7, 11) is 2.04. The van der Waals surface area contributed by atoms with Gasteiger partial charge in [0.15, 0.2) is 0 Å². The minimum Gasteiger partial charge on any atom is -0.323 e. The predicted octanol–water partition coefficient (Wildman–Crippen LogP) is 4.35. The number of benzene rings is 2. The monoisotopic (exact) mass is 360 g/mol. The number of nitrogens with one attached hydrogen (secondary N) is 1. The van der Waals surface area contributed by atoms with E-state index in [2.05, 4.69) is 10.2 Å². The number of amides is 1. The number of hydrogen-bond acceptors (Lipinski definition) is 2. The molecule has 1 amide bonds. The predicted molar refractivity (Wildman–Crippen MR) is 95.6 cm³/mol. The van der Waals surface area contributed by atoms with Crippen molar-refractivity contribution in [2.75, 3.05) is 18.9 Å². The van der Waals surface area contributed by atoms with E-state index in [1.165, 1.54) is 29.8 Å². The Balaban J connectivity index is 1.72. The molecule has 1 heterocycles. The smallest absolute Gasteiger partial charge is 0.323 e. The van der Waals surface area contributed by atoms with Crippen LogP contribution in [-0.2, 0) is 23.9 Å². The summed E-state index contributed by atoms with van der Waals surface area (Å²) < 4.78 is 38.9. The molecule has 0 aliphatic carbocycles. The molecule has 0 spiro atoms. The number of carbonyl (C=O) groups excluding carboxylic acids is 1. The van der Waals surface area contributed by atoms with E-state index >= 15 is 0 Å². The summed E-state index contributed by atoms with van der Waals surface area (Å²) in [5.74, 6) is -0.467. The molecule has 1 N–H and O–H groups in total. The molecule has 0 fully saturated rings. The first-order valence-electron chi connectivity index (χ1n) is 8.28. The Morgan fingerprint density at radius 1 is 1.15 bits per heavy atom. The fraction of sp³-hybridized carbons (Fsp3) is 0.250. The van der Waals surface area contributed by atoms with E-state index in [1.54, 1.807) is 0 Å². The lowest BCUT2D eigenvalue weighted by molar-refractivity contribution is -0.137. The van der Waals surface area contributed by atoms with Crippen LogP contribution in [0, 0.1) is 0 Å². The molecule has 0 unspecified atom stereocenters. The van der Waals surface area contributed by atoms with Crippen molar-refractivity contribution in [2.45, 2.75) is 19.1 Å². The van der Waals surface area contributed by atoms with Crippen molar-refractivity contribution < 1.29 is 18.0 Å². The highest BCUT2D eigenvalue weighted by Crippen LogP contribution is 2.32. The van der Waals surface area contributed by atoms with E-state index in [9.17, 15) is 18.0 Å². The topological polar surface area (TPSA) is 32.3 Å². The van der Waals surface area contributed by atoms with Gasteiger partial charge in [-0.25, -0.2) is 0 Å². The molecule has 0 radical (unpaired) electrons. The molecular weight excluding hydrogens is 341 g/mol. The van der Waals surface area contributed by atoms with Crippen LogP contribution in [0.4, 0.5) is 18.9 Å². The van der Waals surface area contributed by atoms with E-state index in [4.69, 9.17) is 0 Å². The normalized spacial score (nSPS) is 15.1. The van der Waals surface area contributed by atoms with Gasteiger partial charge >= 0.3 is 6.18 Å². The summed E-state index contributed by atoms with van der Waals surface area (Å²) in [6.45, 7) is 1.81. The molecule has 0 saturated heterocycles. The maximum absolute atomic E-state index is 13.0. The fourth-order valence-electron chi connectivity index (χ4n) is 3.03. The molecule has 6 heteroatoms. The summed E-state index contributed by atoms with van der Waals surface area (Å²) in [4.78, 5) is 14.3. The molecule has 0 aromatic heterocycles. The Morgan fingerprint density at radius 3 is 2.69 bits per heavy atom. The van der Waals surface area contributed by atoms with Crippen molar-refractivity contribution in [3.63, 3.8) is 0 Å². The second-order valence-electron chi connectivity index (χ2n) is 6.38. The van der Waals surface area contributed by atoms with Crippen LogP contribution in [0.3, 0.4) is 0 Å². The number of anilines is 1. The lowest BCUT2D eigenvalue weighted by Gasteiger charge is -2.25. The van der Waals surface area contributed by atoms with Gasteiger partial charge in [-0.15, -0.1) is 0 Å². The minimum absolute atomic E-state index is 0.0396. The molecule has 26 heavy (non-hydrogen) atoms. The third kappa shape index (κ3) is 4.32. The van der Waals surface area contributed by atoms with Gasteiger partial charge in [-0.2, -0.15) is 13.2 Å². The molecule has 0 bridgehead atoms. The van der Waals surface area contributed by atoms with Crippen LogP contribution in [0.2, 0.25) is 0 Å². The molecule has 1 aliphatic heterocycles. The number of halogens is 3. The van der Waals surface area contributed by atoms with Gasteiger partial charge < -0.3 is 10.2 Å². The van der Waals surface area contributed by atoms with E-state index < -0.39 is 17.6 Å². The molecule has 1 aliphatic rings. The first kappa shape index (κ1) is 18.2. The minimum atomic E-state index is -4.46. The van der Waals surface area contributed by atoms with Gasteiger partial charge in [0.05, 0.1) is 5.56 Å². The van der Waals surface area contributed by atoms with Gasteiger partial charge in [-0.1, -0.05) is 24.3 Å². The van der Waals surface area contributed by atoms with Gasteiger partial charge in [-0.05, 0) is 54.4 Å². The van der Waals surface area contributed by atoms with Crippen molar-refractivity contribution in [3.8, 4) is 0 Å². The van der Waals surface area contributed by atoms with Crippen LogP contribution < -0.4 is 5.32 Å². The largest absolute Gasteiger partial charge is 0.416 e. The van der Waals surface area contributed by atoms with Gasteiger partial charge in [-0.3, -0.25) is 4.79 Å². The van der Waals surface area contributed by atoms with Gasteiger partial charge in [0.25, 0.3) is 0 Å². The molecule has 3 nitrogen and oxygen atoms in total. The number of hydrogen-bond donors (Lipinski definition) is 1. The Bertz CT molecular complexity index is 843. The Kier molecular flexibility index (Phi) is 5.13. The van der Waals surface area contributed by atoms with Crippen molar-refractivity contribution in [1.29, 1.82) is 0 Å². The average Bonchev–Trinajstić information content (AvgIpc) is 2.59. The second kappa shape index (κ2) is 7.33. The third-order valence-corrected chi connectivity index (χ3v) is 4.36. The Morgan fingerprint density at radius 2 is 1.92 bits per heavy atom. The van der Waals surface area contributed by atoms with Crippen LogP contribution in [0.25, 0.3) is 6.08 Å².